The number of nitrogens with one attached hydrogen (secondary N) is 2. The molecule has 0 radical (unpaired) electrons. The van der Waals surface area contributed by atoms with E-state index in [4.69, 9.17) is 4.42 Å². The number of hydrogen-bond donors (Lipinski definition) is 2. The Balaban J connectivity index is 1.59. The van der Waals surface area contributed by atoms with Gasteiger partial charge in [0.1, 0.15) is 17.2 Å². The second kappa shape index (κ2) is 8.35. The molecule has 1 amide bonds. The van der Waals surface area contributed by atoms with E-state index in [9.17, 15) is 9.18 Å². The number of furan rings is 1. The second-order valence-electron chi connectivity index (χ2n) is 7.13. The molecule has 0 saturated heterocycles. The molecule has 2 unspecified atom stereocenters. The number of fused-ring (bicyclic) bond motifs is 1. The molecule has 2 aromatic carbocycles. The Labute approximate surface area is 158 Å². The molecular formula is C22H25FN2O2. The highest BCUT2D eigenvalue weighted by atomic mass is 19.1. The SMILES string of the molecule is CC(NC(=O)CNC(c1ccc(F)cc1)C(C)C)c1cc2ccccc2o1. The maximum absolute atomic E-state index is 13.2. The zero-order chi connectivity index (χ0) is 19.4. The molecule has 0 aliphatic carbocycles. The summed E-state index contributed by atoms with van der Waals surface area (Å²) in [4.78, 5) is 12.4. The van der Waals surface area contributed by atoms with Crippen molar-refractivity contribution in [3.8, 4) is 0 Å². The molecule has 5 heteroatoms. The van der Waals surface area contributed by atoms with Crippen LogP contribution in [0.4, 0.5) is 4.39 Å². The normalized spacial score (nSPS) is 13.7. The van der Waals surface area contributed by atoms with E-state index < -0.39 is 0 Å². The summed E-state index contributed by atoms with van der Waals surface area (Å²) in [5.41, 5.74) is 1.77. The van der Waals surface area contributed by atoms with Crippen LogP contribution in [0.5, 0.6) is 0 Å². The molecule has 1 aromatic heterocycles. The lowest BCUT2D eigenvalue weighted by atomic mass is 9.96. The van der Waals surface area contributed by atoms with Crippen molar-refractivity contribution in [2.75, 3.05) is 6.54 Å². The number of carbonyl (C=O) groups is 1. The highest BCUT2D eigenvalue weighted by Gasteiger charge is 2.18. The van der Waals surface area contributed by atoms with Crippen molar-refractivity contribution in [1.82, 2.24) is 10.6 Å². The van der Waals surface area contributed by atoms with Gasteiger partial charge in [-0.05, 0) is 42.7 Å². The molecule has 3 rings (SSSR count). The van der Waals surface area contributed by atoms with Gasteiger partial charge in [0.05, 0.1) is 12.6 Å². The maximum Gasteiger partial charge on any atom is 0.234 e. The van der Waals surface area contributed by atoms with E-state index in [1.165, 1.54) is 12.1 Å². The minimum atomic E-state index is -0.265. The standard InChI is InChI=1S/C22H25FN2O2/c1-14(2)22(16-8-10-18(23)11-9-16)24-13-21(26)25-15(3)20-12-17-6-4-5-7-19(17)27-20/h4-12,14-15,22,24H,13H2,1-3H3,(H,25,26). The van der Waals surface area contributed by atoms with Crippen molar-refractivity contribution in [3.63, 3.8) is 0 Å². The third-order valence-corrected chi connectivity index (χ3v) is 4.63. The number of amides is 1. The lowest BCUT2D eigenvalue weighted by Crippen LogP contribution is -2.38. The first-order valence-electron chi connectivity index (χ1n) is 9.20. The zero-order valence-corrected chi connectivity index (χ0v) is 15.8. The van der Waals surface area contributed by atoms with Crippen molar-refractivity contribution in [3.05, 3.63) is 71.7 Å². The molecule has 3 aromatic rings. The van der Waals surface area contributed by atoms with Crippen LogP contribution >= 0.6 is 0 Å². The summed E-state index contributed by atoms with van der Waals surface area (Å²) in [6.45, 7) is 6.20. The van der Waals surface area contributed by atoms with Gasteiger partial charge < -0.3 is 15.1 Å². The number of halogens is 1. The van der Waals surface area contributed by atoms with Crippen LogP contribution in [0.1, 0.15) is 44.2 Å². The van der Waals surface area contributed by atoms with E-state index in [0.717, 1.165) is 22.3 Å². The van der Waals surface area contributed by atoms with Gasteiger partial charge >= 0.3 is 0 Å². The molecule has 1 heterocycles. The Bertz CT molecular complexity index is 869. The van der Waals surface area contributed by atoms with Gasteiger partial charge in [0.25, 0.3) is 0 Å². The third kappa shape index (κ3) is 4.74. The summed E-state index contributed by atoms with van der Waals surface area (Å²) < 4.78 is 19.0. The Morgan fingerprint density at radius 2 is 1.78 bits per heavy atom. The average molecular weight is 368 g/mol. The largest absolute Gasteiger partial charge is 0.459 e. The number of para-hydroxylation sites is 1. The van der Waals surface area contributed by atoms with E-state index in [1.54, 1.807) is 12.1 Å². The van der Waals surface area contributed by atoms with E-state index in [1.807, 2.05) is 37.3 Å². The summed E-state index contributed by atoms with van der Waals surface area (Å²) in [7, 11) is 0. The summed E-state index contributed by atoms with van der Waals surface area (Å²) in [6.07, 6.45) is 0. The number of benzene rings is 2. The summed E-state index contributed by atoms with van der Waals surface area (Å²) in [5, 5.41) is 7.25. The predicted molar refractivity (Wildman–Crippen MR) is 105 cm³/mol. The van der Waals surface area contributed by atoms with Crippen LogP contribution in [0, 0.1) is 11.7 Å². The fourth-order valence-corrected chi connectivity index (χ4v) is 3.19. The van der Waals surface area contributed by atoms with Gasteiger partial charge in [-0.3, -0.25) is 4.79 Å². The monoisotopic (exact) mass is 368 g/mol. The fourth-order valence-electron chi connectivity index (χ4n) is 3.19. The second-order valence-corrected chi connectivity index (χ2v) is 7.13. The van der Waals surface area contributed by atoms with Crippen LogP contribution in [-0.2, 0) is 4.79 Å². The average Bonchev–Trinajstić information content (AvgIpc) is 3.07. The third-order valence-electron chi connectivity index (χ3n) is 4.63. The van der Waals surface area contributed by atoms with Crippen LogP contribution in [0.2, 0.25) is 0 Å². The Hall–Kier alpha value is -2.66. The molecular weight excluding hydrogens is 343 g/mol. The van der Waals surface area contributed by atoms with Crippen molar-refractivity contribution >= 4 is 16.9 Å². The number of rotatable bonds is 7. The number of carbonyl (C=O) groups excluding carboxylic acids is 1. The summed E-state index contributed by atoms with van der Waals surface area (Å²) in [5.74, 6) is 0.605. The van der Waals surface area contributed by atoms with Crippen molar-refractivity contribution < 1.29 is 13.6 Å². The van der Waals surface area contributed by atoms with Gasteiger partial charge in [-0.25, -0.2) is 4.39 Å². The summed E-state index contributed by atoms with van der Waals surface area (Å²) in [6, 6.07) is 15.8. The molecule has 0 bridgehead atoms. The van der Waals surface area contributed by atoms with Crippen LogP contribution in [0.25, 0.3) is 11.0 Å². The molecule has 2 atom stereocenters. The zero-order valence-electron chi connectivity index (χ0n) is 15.8. The van der Waals surface area contributed by atoms with E-state index in [2.05, 4.69) is 24.5 Å². The molecule has 27 heavy (non-hydrogen) atoms. The molecule has 142 valence electrons. The van der Waals surface area contributed by atoms with Gasteiger partial charge in [0.2, 0.25) is 5.91 Å². The van der Waals surface area contributed by atoms with Crippen molar-refractivity contribution in [1.29, 1.82) is 0 Å². The molecule has 0 saturated carbocycles. The van der Waals surface area contributed by atoms with E-state index >= 15 is 0 Å². The molecule has 0 spiro atoms. The quantitative estimate of drug-likeness (QED) is 0.633. The van der Waals surface area contributed by atoms with Crippen LogP contribution in [0.15, 0.2) is 59.0 Å². The first-order chi connectivity index (χ1) is 12.9. The first-order valence-corrected chi connectivity index (χ1v) is 9.20. The van der Waals surface area contributed by atoms with Gasteiger partial charge in [0, 0.05) is 11.4 Å². The Morgan fingerprint density at radius 3 is 2.44 bits per heavy atom. The van der Waals surface area contributed by atoms with E-state index in [0.29, 0.717) is 0 Å². The summed E-state index contributed by atoms with van der Waals surface area (Å²) >= 11 is 0. The molecule has 0 aliphatic rings. The Kier molecular flexibility index (Phi) is 5.91. The van der Waals surface area contributed by atoms with Crippen molar-refractivity contribution in [2.45, 2.75) is 32.9 Å². The van der Waals surface area contributed by atoms with Gasteiger partial charge in [-0.15, -0.1) is 0 Å². The molecule has 0 aliphatic heterocycles. The molecule has 4 nitrogen and oxygen atoms in total. The van der Waals surface area contributed by atoms with Gasteiger partial charge in [0.15, 0.2) is 0 Å². The highest BCUT2D eigenvalue weighted by molar-refractivity contribution is 5.80. The van der Waals surface area contributed by atoms with Crippen molar-refractivity contribution in [2.24, 2.45) is 5.92 Å². The van der Waals surface area contributed by atoms with Crippen LogP contribution in [-0.4, -0.2) is 12.5 Å². The lowest BCUT2D eigenvalue weighted by molar-refractivity contribution is -0.121. The molecule has 0 fully saturated rings. The Morgan fingerprint density at radius 1 is 1.07 bits per heavy atom. The minimum Gasteiger partial charge on any atom is -0.459 e. The number of hydrogen-bond acceptors (Lipinski definition) is 3. The predicted octanol–water partition coefficient (Wildman–Crippen LogP) is 4.74. The topological polar surface area (TPSA) is 54.3 Å². The maximum atomic E-state index is 13.2. The molecule has 2 N–H and O–H groups in total. The van der Waals surface area contributed by atoms with Gasteiger partial charge in [-0.1, -0.05) is 44.2 Å². The lowest BCUT2D eigenvalue weighted by Gasteiger charge is -2.23. The smallest absolute Gasteiger partial charge is 0.234 e. The fraction of sp³-hybridized carbons (Fsp3) is 0.318. The minimum absolute atomic E-state index is 0.0298. The first kappa shape index (κ1) is 19.1. The van der Waals surface area contributed by atoms with E-state index in [-0.39, 0.29) is 36.3 Å². The van der Waals surface area contributed by atoms with Gasteiger partial charge in [-0.2, -0.15) is 0 Å². The van der Waals surface area contributed by atoms with Crippen LogP contribution < -0.4 is 10.6 Å². The van der Waals surface area contributed by atoms with Crippen LogP contribution in [0.3, 0.4) is 0 Å². The highest BCUT2D eigenvalue weighted by Crippen LogP contribution is 2.24.